The Balaban J connectivity index is 2.48. The molecule has 0 fully saturated rings. The molecule has 0 aliphatic rings. The topological polar surface area (TPSA) is 56.7 Å². The van der Waals surface area contributed by atoms with Gasteiger partial charge < -0.3 is 5.73 Å². The average molecular weight is 285 g/mol. The Labute approximate surface area is 100 Å². The molecule has 2 rings (SSSR count). The molecule has 0 aliphatic heterocycles. The SMILES string of the molecule is CSc1nc(N)n(-c2cccc(Br)c2)n1. The predicted molar refractivity (Wildman–Crippen MR) is 65.3 cm³/mol. The van der Waals surface area contributed by atoms with E-state index in [9.17, 15) is 0 Å². The van der Waals surface area contributed by atoms with Gasteiger partial charge in [0, 0.05) is 4.47 Å². The molecule has 2 N–H and O–H groups in total. The first-order valence-corrected chi connectivity index (χ1v) is 6.25. The van der Waals surface area contributed by atoms with E-state index >= 15 is 0 Å². The Morgan fingerprint density at radius 3 is 2.87 bits per heavy atom. The quantitative estimate of drug-likeness (QED) is 0.860. The maximum absolute atomic E-state index is 5.76. The third kappa shape index (κ3) is 2.15. The highest BCUT2D eigenvalue weighted by molar-refractivity contribution is 9.10. The van der Waals surface area contributed by atoms with Crippen LogP contribution in [-0.2, 0) is 0 Å². The normalized spacial score (nSPS) is 10.5. The molecule has 1 aromatic heterocycles. The summed E-state index contributed by atoms with van der Waals surface area (Å²) < 4.78 is 2.61. The number of nitrogen functional groups attached to an aromatic ring is 1. The first kappa shape index (κ1) is 10.5. The van der Waals surface area contributed by atoms with E-state index in [1.807, 2.05) is 30.5 Å². The highest BCUT2D eigenvalue weighted by atomic mass is 79.9. The standard InChI is InChI=1S/C9H9BrN4S/c1-15-9-12-8(11)14(13-9)7-4-2-3-6(10)5-7/h2-5H,1H3,(H2,11,12,13). The first-order chi connectivity index (χ1) is 7.20. The Hall–Kier alpha value is -1.01. The van der Waals surface area contributed by atoms with Crippen LogP contribution in [0.15, 0.2) is 33.9 Å². The lowest BCUT2D eigenvalue weighted by atomic mass is 10.3. The second-order valence-corrected chi connectivity index (χ2v) is 4.54. The molecule has 6 heteroatoms. The third-order valence-corrected chi connectivity index (χ3v) is 2.88. The zero-order chi connectivity index (χ0) is 10.8. The second kappa shape index (κ2) is 4.24. The van der Waals surface area contributed by atoms with Crippen LogP contribution in [0, 0.1) is 0 Å². The molecule has 4 nitrogen and oxygen atoms in total. The number of hydrogen-bond acceptors (Lipinski definition) is 4. The number of nitrogens with zero attached hydrogens (tertiary/aromatic N) is 3. The smallest absolute Gasteiger partial charge is 0.224 e. The summed E-state index contributed by atoms with van der Waals surface area (Å²) in [5.41, 5.74) is 6.66. The lowest BCUT2D eigenvalue weighted by Crippen LogP contribution is -2.02. The minimum absolute atomic E-state index is 0.400. The van der Waals surface area contributed by atoms with E-state index in [-0.39, 0.29) is 0 Å². The average Bonchev–Trinajstić information content (AvgIpc) is 2.60. The van der Waals surface area contributed by atoms with Crippen LogP contribution in [-0.4, -0.2) is 21.0 Å². The lowest BCUT2D eigenvalue weighted by molar-refractivity contribution is 0.841. The van der Waals surface area contributed by atoms with Gasteiger partial charge in [0.1, 0.15) is 0 Å². The second-order valence-electron chi connectivity index (χ2n) is 2.85. The van der Waals surface area contributed by atoms with Gasteiger partial charge in [0.05, 0.1) is 5.69 Å². The van der Waals surface area contributed by atoms with Crippen molar-refractivity contribution in [2.45, 2.75) is 5.16 Å². The van der Waals surface area contributed by atoms with Gasteiger partial charge in [-0.25, -0.2) is 0 Å². The number of anilines is 1. The Morgan fingerprint density at radius 1 is 1.47 bits per heavy atom. The van der Waals surface area contributed by atoms with E-state index in [2.05, 4.69) is 26.0 Å². The number of benzene rings is 1. The van der Waals surface area contributed by atoms with Crippen LogP contribution < -0.4 is 5.73 Å². The van der Waals surface area contributed by atoms with E-state index < -0.39 is 0 Å². The van der Waals surface area contributed by atoms with Crippen molar-refractivity contribution >= 4 is 33.6 Å². The van der Waals surface area contributed by atoms with E-state index in [1.165, 1.54) is 11.8 Å². The van der Waals surface area contributed by atoms with Gasteiger partial charge in [0.25, 0.3) is 0 Å². The van der Waals surface area contributed by atoms with Gasteiger partial charge in [-0.15, -0.1) is 5.10 Å². The summed E-state index contributed by atoms with van der Waals surface area (Å²) in [4.78, 5) is 4.11. The van der Waals surface area contributed by atoms with Crippen LogP contribution in [0.5, 0.6) is 0 Å². The monoisotopic (exact) mass is 284 g/mol. The van der Waals surface area contributed by atoms with Gasteiger partial charge in [0.2, 0.25) is 11.1 Å². The fourth-order valence-electron chi connectivity index (χ4n) is 1.19. The molecule has 0 aliphatic carbocycles. The van der Waals surface area contributed by atoms with E-state index in [0.717, 1.165) is 10.2 Å². The largest absolute Gasteiger partial charge is 0.368 e. The molecule has 0 unspecified atom stereocenters. The Bertz CT molecular complexity index is 483. The van der Waals surface area contributed by atoms with Crippen molar-refractivity contribution in [1.29, 1.82) is 0 Å². The van der Waals surface area contributed by atoms with E-state index in [0.29, 0.717) is 11.1 Å². The van der Waals surface area contributed by atoms with Crippen LogP contribution in [0.2, 0.25) is 0 Å². The molecule has 0 spiro atoms. The molecule has 0 bridgehead atoms. The summed E-state index contributed by atoms with van der Waals surface area (Å²) in [6.07, 6.45) is 1.92. The van der Waals surface area contributed by atoms with Crippen molar-refractivity contribution in [3.63, 3.8) is 0 Å². The van der Waals surface area contributed by atoms with Gasteiger partial charge in [-0.2, -0.15) is 9.67 Å². The van der Waals surface area contributed by atoms with Crippen molar-refractivity contribution in [3.8, 4) is 5.69 Å². The molecule has 0 radical (unpaired) electrons. The molecule has 0 atom stereocenters. The Kier molecular flexibility index (Phi) is 2.97. The number of thioether (sulfide) groups is 1. The molecular formula is C9H9BrN4S. The summed E-state index contributed by atoms with van der Waals surface area (Å²) in [7, 11) is 0. The zero-order valence-electron chi connectivity index (χ0n) is 8.01. The maximum atomic E-state index is 5.76. The van der Waals surface area contributed by atoms with Gasteiger partial charge in [-0.1, -0.05) is 33.8 Å². The highest BCUT2D eigenvalue weighted by Gasteiger charge is 2.07. The van der Waals surface area contributed by atoms with Crippen molar-refractivity contribution in [2.24, 2.45) is 0 Å². The molecular weight excluding hydrogens is 276 g/mol. The van der Waals surface area contributed by atoms with Crippen LogP contribution in [0.1, 0.15) is 0 Å². The zero-order valence-corrected chi connectivity index (χ0v) is 10.4. The van der Waals surface area contributed by atoms with Crippen LogP contribution in [0.4, 0.5) is 5.95 Å². The number of halogens is 1. The number of hydrogen-bond donors (Lipinski definition) is 1. The third-order valence-electron chi connectivity index (χ3n) is 1.85. The van der Waals surface area contributed by atoms with Gasteiger partial charge in [-0.05, 0) is 24.5 Å². The minimum atomic E-state index is 0.400. The molecule has 15 heavy (non-hydrogen) atoms. The molecule has 78 valence electrons. The van der Waals surface area contributed by atoms with Gasteiger partial charge in [0.15, 0.2) is 0 Å². The minimum Gasteiger partial charge on any atom is -0.368 e. The summed E-state index contributed by atoms with van der Waals surface area (Å²) >= 11 is 4.87. The van der Waals surface area contributed by atoms with Crippen LogP contribution in [0.25, 0.3) is 5.69 Å². The molecule has 0 amide bonds. The first-order valence-electron chi connectivity index (χ1n) is 4.23. The fourth-order valence-corrected chi connectivity index (χ4v) is 1.92. The van der Waals surface area contributed by atoms with E-state index in [1.54, 1.807) is 4.68 Å². The summed E-state index contributed by atoms with van der Waals surface area (Å²) in [5.74, 6) is 0.400. The van der Waals surface area contributed by atoms with Crippen LogP contribution >= 0.6 is 27.7 Å². The van der Waals surface area contributed by atoms with Gasteiger partial charge >= 0.3 is 0 Å². The highest BCUT2D eigenvalue weighted by Crippen LogP contribution is 2.19. The molecule has 0 saturated heterocycles. The summed E-state index contributed by atoms with van der Waals surface area (Å²) in [6, 6.07) is 7.75. The van der Waals surface area contributed by atoms with Gasteiger partial charge in [-0.3, -0.25) is 0 Å². The van der Waals surface area contributed by atoms with E-state index in [4.69, 9.17) is 5.73 Å². The summed E-state index contributed by atoms with van der Waals surface area (Å²) in [5, 5.41) is 4.94. The van der Waals surface area contributed by atoms with Crippen molar-refractivity contribution in [1.82, 2.24) is 14.8 Å². The number of aromatic nitrogens is 3. The van der Waals surface area contributed by atoms with Crippen molar-refractivity contribution in [3.05, 3.63) is 28.7 Å². The fraction of sp³-hybridized carbons (Fsp3) is 0.111. The van der Waals surface area contributed by atoms with Crippen molar-refractivity contribution in [2.75, 3.05) is 12.0 Å². The molecule has 2 aromatic rings. The molecule has 1 heterocycles. The molecule has 1 aromatic carbocycles. The van der Waals surface area contributed by atoms with Crippen molar-refractivity contribution < 1.29 is 0 Å². The van der Waals surface area contributed by atoms with Crippen LogP contribution in [0.3, 0.4) is 0 Å². The number of nitrogens with two attached hydrogens (primary N) is 1. The maximum Gasteiger partial charge on any atom is 0.224 e. The molecule has 0 saturated carbocycles. The predicted octanol–water partition coefficient (Wildman–Crippen LogP) is 2.33. The lowest BCUT2D eigenvalue weighted by Gasteiger charge is -2.01. The summed E-state index contributed by atoms with van der Waals surface area (Å²) in [6.45, 7) is 0. The Morgan fingerprint density at radius 2 is 2.27 bits per heavy atom. The number of rotatable bonds is 2.